The monoisotopic (exact) mass is 328 g/mol. The maximum Gasteiger partial charge on any atom is 0.321 e. The van der Waals surface area contributed by atoms with E-state index in [2.05, 4.69) is 33.2 Å². The summed E-state index contributed by atoms with van der Waals surface area (Å²) < 4.78 is 0.240. The molecule has 1 heterocycles. The number of alkyl halides is 2. The number of urea groups is 1. The van der Waals surface area contributed by atoms with Gasteiger partial charge in [0.1, 0.15) is 0 Å². The number of hydrogen-bond acceptors (Lipinski definition) is 2. The molecule has 1 saturated carbocycles. The third kappa shape index (κ3) is 1.84. The van der Waals surface area contributed by atoms with E-state index in [0.29, 0.717) is 6.42 Å². The van der Waals surface area contributed by atoms with E-state index in [1.807, 2.05) is 0 Å². The fraction of sp³-hybridized carbons (Fsp3) is 0.750. The van der Waals surface area contributed by atoms with Crippen LogP contribution in [-0.2, 0) is 4.79 Å². The van der Waals surface area contributed by atoms with Gasteiger partial charge in [-0.2, -0.15) is 0 Å². The van der Waals surface area contributed by atoms with Gasteiger partial charge in [-0.25, -0.2) is 4.79 Å². The van der Waals surface area contributed by atoms with Crippen molar-refractivity contribution < 1.29 is 9.59 Å². The summed E-state index contributed by atoms with van der Waals surface area (Å²) >= 11 is 8.28. The SMILES string of the molecule is O=C1NC(=O)C2CC(Cl)CC(I)C2N1. The van der Waals surface area contributed by atoms with E-state index in [1.165, 1.54) is 0 Å². The number of carbonyl (C=O) groups excluding carboxylic acids is 2. The molecule has 0 aromatic carbocycles. The maximum atomic E-state index is 11.5. The Hall–Kier alpha value is -0.0400. The topological polar surface area (TPSA) is 58.2 Å². The van der Waals surface area contributed by atoms with Crippen molar-refractivity contribution in [3.05, 3.63) is 0 Å². The van der Waals surface area contributed by atoms with Crippen molar-refractivity contribution in [2.24, 2.45) is 5.92 Å². The van der Waals surface area contributed by atoms with Crippen molar-refractivity contribution in [1.82, 2.24) is 10.6 Å². The highest BCUT2D eigenvalue weighted by Gasteiger charge is 2.43. The van der Waals surface area contributed by atoms with Gasteiger partial charge in [-0.15, -0.1) is 11.6 Å². The van der Waals surface area contributed by atoms with Crippen LogP contribution in [0.5, 0.6) is 0 Å². The van der Waals surface area contributed by atoms with Gasteiger partial charge in [0.05, 0.1) is 12.0 Å². The highest BCUT2D eigenvalue weighted by Crippen LogP contribution is 2.34. The van der Waals surface area contributed by atoms with Gasteiger partial charge in [-0.1, -0.05) is 22.6 Å². The summed E-state index contributed by atoms with van der Waals surface area (Å²) in [6, 6.07) is -0.433. The zero-order chi connectivity index (χ0) is 10.3. The second kappa shape index (κ2) is 3.84. The Balaban J connectivity index is 2.18. The molecule has 3 amide bonds. The highest BCUT2D eigenvalue weighted by molar-refractivity contribution is 14.1. The summed E-state index contributed by atoms with van der Waals surface area (Å²) in [6.07, 6.45) is 1.49. The molecule has 0 aromatic heterocycles. The smallest absolute Gasteiger partial charge is 0.321 e. The summed E-state index contributed by atoms with van der Waals surface area (Å²) in [5.74, 6) is -0.350. The second-order valence-corrected chi connectivity index (χ2v) is 5.90. The van der Waals surface area contributed by atoms with Crippen LogP contribution in [0.3, 0.4) is 0 Å². The number of rotatable bonds is 0. The minimum absolute atomic E-state index is 0.0407. The zero-order valence-corrected chi connectivity index (χ0v) is 10.2. The van der Waals surface area contributed by atoms with Crippen LogP contribution in [0.2, 0.25) is 0 Å². The number of halogens is 2. The predicted molar refractivity (Wildman–Crippen MR) is 60.6 cm³/mol. The van der Waals surface area contributed by atoms with Crippen molar-refractivity contribution in [2.45, 2.75) is 28.2 Å². The molecule has 0 radical (unpaired) electrons. The van der Waals surface area contributed by atoms with E-state index in [4.69, 9.17) is 11.6 Å². The van der Waals surface area contributed by atoms with Gasteiger partial charge in [0.2, 0.25) is 5.91 Å². The summed E-state index contributed by atoms with van der Waals surface area (Å²) in [5, 5.41) is 5.09. The standard InChI is InChI=1S/C8H10ClIN2O2/c9-3-1-4-6(5(10)2-3)11-8(14)12-7(4)13/h3-6H,1-2H2,(H2,11,12,13,14). The maximum absolute atomic E-state index is 11.5. The van der Waals surface area contributed by atoms with Crippen LogP contribution in [0.1, 0.15) is 12.8 Å². The first-order valence-electron chi connectivity index (χ1n) is 4.47. The molecule has 2 aliphatic rings. The minimum atomic E-state index is -0.383. The number of nitrogens with one attached hydrogen (secondary N) is 2. The molecule has 4 atom stereocenters. The summed E-state index contributed by atoms with van der Waals surface area (Å²) in [4.78, 5) is 22.6. The zero-order valence-electron chi connectivity index (χ0n) is 7.30. The van der Waals surface area contributed by atoms with Crippen molar-refractivity contribution in [2.75, 3.05) is 0 Å². The lowest BCUT2D eigenvalue weighted by Crippen LogP contribution is -2.63. The van der Waals surface area contributed by atoms with E-state index in [0.717, 1.165) is 6.42 Å². The minimum Gasteiger partial charge on any atom is -0.333 e. The van der Waals surface area contributed by atoms with Crippen LogP contribution in [0, 0.1) is 5.92 Å². The Morgan fingerprint density at radius 2 is 2.07 bits per heavy atom. The van der Waals surface area contributed by atoms with Gasteiger partial charge in [-0.3, -0.25) is 10.1 Å². The first kappa shape index (κ1) is 10.5. The second-order valence-electron chi connectivity index (χ2n) is 3.68. The van der Waals surface area contributed by atoms with Crippen molar-refractivity contribution in [3.8, 4) is 0 Å². The van der Waals surface area contributed by atoms with Crippen LogP contribution in [0.25, 0.3) is 0 Å². The lowest BCUT2D eigenvalue weighted by Gasteiger charge is -2.39. The van der Waals surface area contributed by atoms with Crippen LogP contribution in [0.15, 0.2) is 0 Å². The average molecular weight is 329 g/mol. The number of carbonyl (C=O) groups is 2. The molecule has 78 valence electrons. The molecule has 2 fully saturated rings. The fourth-order valence-electron chi connectivity index (χ4n) is 2.01. The van der Waals surface area contributed by atoms with Gasteiger partial charge < -0.3 is 5.32 Å². The van der Waals surface area contributed by atoms with Crippen molar-refractivity contribution >= 4 is 46.1 Å². The molecule has 0 aromatic rings. The number of fused-ring (bicyclic) bond motifs is 1. The van der Waals surface area contributed by atoms with Gasteiger partial charge in [0, 0.05) is 9.30 Å². The Bertz CT molecular complexity index is 287. The average Bonchev–Trinajstić information content (AvgIpc) is 2.07. The van der Waals surface area contributed by atoms with Crippen molar-refractivity contribution in [3.63, 3.8) is 0 Å². The Morgan fingerprint density at radius 1 is 1.36 bits per heavy atom. The molecular formula is C8H10ClIN2O2. The molecule has 0 bridgehead atoms. The summed E-state index contributed by atoms with van der Waals surface area (Å²) in [5.41, 5.74) is 0. The van der Waals surface area contributed by atoms with Gasteiger partial charge >= 0.3 is 6.03 Å². The first-order chi connectivity index (χ1) is 6.58. The van der Waals surface area contributed by atoms with Gasteiger partial charge in [-0.05, 0) is 12.8 Å². The Morgan fingerprint density at radius 3 is 2.79 bits per heavy atom. The molecule has 1 saturated heterocycles. The van der Waals surface area contributed by atoms with Gasteiger partial charge in [0.25, 0.3) is 0 Å². The molecular weight excluding hydrogens is 318 g/mol. The number of amides is 3. The highest BCUT2D eigenvalue weighted by atomic mass is 127. The third-order valence-corrected chi connectivity index (χ3v) is 4.32. The van der Waals surface area contributed by atoms with E-state index < -0.39 is 0 Å². The lowest BCUT2D eigenvalue weighted by atomic mass is 9.82. The molecule has 14 heavy (non-hydrogen) atoms. The molecule has 2 rings (SSSR count). The predicted octanol–water partition coefficient (Wildman–Crippen LogP) is 1.02. The van der Waals surface area contributed by atoms with Crippen molar-refractivity contribution in [1.29, 1.82) is 0 Å². The van der Waals surface area contributed by atoms with E-state index in [1.54, 1.807) is 0 Å². The molecule has 1 aliphatic carbocycles. The molecule has 6 heteroatoms. The Kier molecular flexibility index (Phi) is 2.88. The number of hydrogen-bond donors (Lipinski definition) is 2. The molecule has 2 N–H and O–H groups in total. The largest absolute Gasteiger partial charge is 0.333 e. The molecule has 0 spiro atoms. The molecule has 4 nitrogen and oxygen atoms in total. The van der Waals surface area contributed by atoms with Crippen LogP contribution in [-0.4, -0.2) is 27.3 Å². The van der Waals surface area contributed by atoms with E-state index in [9.17, 15) is 9.59 Å². The molecule has 4 unspecified atom stereocenters. The number of imide groups is 1. The third-order valence-electron chi connectivity index (χ3n) is 2.69. The van der Waals surface area contributed by atoms with Crippen LogP contribution >= 0.6 is 34.2 Å². The molecule has 1 aliphatic heterocycles. The lowest BCUT2D eigenvalue weighted by molar-refractivity contribution is -0.126. The Labute approximate surface area is 100 Å². The fourth-order valence-corrected chi connectivity index (χ4v) is 3.99. The summed E-state index contributed by atoms with van der Waals surface area (Å²) in [7, 11) is 0. The van der Waals surface area contributed by atoms with Crippen LogP contribution < -0.4 is 10.6 Å². The normalized spacial score (nSPS) is 42.4. The van der Waals surface area contributed by atoms with Gasteiger partial charge in [0.15, 0.2) is 0 Å². The summed E-state index contributed by atoms with van der Waals surface area (Å²) in [6.45, 7) is 0. The first-order valence-corrected chi connectivity index (χ1v) is 6.15. The van der Waals surface area contributed by atoms with E-state index >= 15 is 0 Å². The quantitative estimate of drug-likeness (QED) is 0.515. The van der Waals surface area contributed by atoms with E-state index in [-0.39, 0.29) is 33.2 Å². The van der Waals surface area contributed by atoms with Crippen LogP contribution in [0.4, 0.5) is 4.79 Å².